The number of hydrogen-bond donors (Lipinski definition) is 1. The molecule has 1 aromatic carbocycles. The first-order valence-electron chi connectivity index (χ1n) is 4.96. The smallest absolute Gasteiger partial charge is 0.304 e. The van der Waals surface area contributed by atoms with Crippen molar-refractivity contribution >= 4 is 11.6 Å². The number of para-hydroxylation sites is 1. The third kappa shape index (κ3) is 1.53. The van der Waals surface area contributed by atoms with Crippen molar-refractivity contribution in [1.29, 1.82) is 0 Å². The van der Waals surface area contributed by atoms with Gasteiger partial charge < -0.3 is 10.4 Å². The van der Waals surface area contributed by atoms with Crippen LogP contribution < -0.4 is 5.43 Å². The van der Waals surface area contributed by atoms with E-state index >= 15 is 0 Å². The number of carbonyl (C=O) groups excluding carboxylic acids is 1. The molecule has 1 aromatic rings. The van der Waals surface area contributed by atoms with Gasteiger partial charge in [0.25, 0.3) is 0 Å². The topological polar surface area (TPSA) is 78.5 Å². The molecule has 0 saturated heterocycles. The van der Waals surface area contributed by atoms with Crippen LogP contribution in [0.4, 0.5) is 5.69 Å². The van der Waals surface area contributed by atoms with Crippen molar-refractivity contribution in [3.63, 3.8) is 0 Å². The van der Waals surface area contributed by atoms with Crippen LogP contribution in [0.25, 0.3) is 0 Å². The lowest BCUT2D eigenvalue weighted by Gasteiger charge is -2.54. The lowest BCUT2D eigenvalue weighted by Crippen LogP contribution is -2.63. The van der Waals surface area contributed by atoms with Gasteiger partial charge in [-0.1, -0.05) is 12.1 Å². The predicted molar refractivity (Wildman–Crippen MR) is 58.4 cm³/mol. The Hall–Kier alpha value is -1.63. The SMILES string of the molecule is CC(C)N1C(=O)c2ccccc2N[N+]1([O-])[O-]. The summed E-state index contributed by atoms with van der Waals surface area (Å²) in [5.41, 5.74) is 2.85. The van der Waals surface area contributed by atoms with Crippen LogP contribution in [0.2, 0.25) is 0 Å². The second-order valence-corrected chi connectivity index (χ2v) is 3.92. The first-order valence-corrected chi connectivity index (χ1v) is 4.96. The van der Waals surface area contributed by atoms with Gasteiger partial charge in [-0.3, -0.25) is 4.79 Å². The normalized spacial score (nSPS) is 18.3. The van der Waals surface area contributed by atoms with Gasteiger partial charge in [-0.25, -0.2) is 5.43 Å². The minimum absolute atomic E-state index is 0.273. The molecule has 1 heterocycles. The van der Waals surface area contributed by atoms with Gasteiger partial charge in [0, 0.05) is 0 Å². The minimum atomic E-state index is -2.15. The quantitative estimate of drug-likeness (QED) is 0.578. The highest BCUT2D eigenvalue weighted by atomic mass is 16.9. The van der Waals surface area contributed by atoms with Gasteiger partial charge in [0.2, 0.25) is 0 Å². The summed E-state index contributed by atoms with van der Waals surface area (Å²) in [6.45, 7) is 3.24. The first-order chi connectivity index (χ1) is 7.43. The van der Waals surface area contributed by atoms with Crippen molar-refractivity contribution < 1.29 is 9.82 Å². The Labute approximate surface area is 92.8 Å². The molecule has 0 bridgehead atoms. The zero-order valence-corrected chi connectivity index (χ0v) is 9.01. The molecule has 0 unspecified atom stereocenters. The molecule has 16 heavy (non-hydrogen) atoms. The zero-order valence-electron chi connectivity index (χ0n) is 9.01. The molecule has 0 fully saturated rings. The van der Waals surface area contributed by atoms with Crippen LogP contribution >= 0.6 is 0 Å². The fourth-order valence-corrected chi connectivity index (χ4v) is 1.75. The standard InChI is InChI=1S/C10H12N3O3/c1-7(2)12-10(14)8-5-3-4-6-9(8)11-13(12,15)16/h3-7,11H,1-2H3/q-1. The minimum Gasteiger partial charge on any atom is -0.579 e. The predicted octanol–water partition coefficient (Wildman–Crippen LogP) is 1.61. The molecule has 0 saturated carbocycles. The van der Waals surface area contributed by atoms with E-state index in [0.29, 0.717) is 10.6 Å². The molecule has 1 aliphatic rings. The van der Waals surface area contributed by atoms with Crippen LogP contribution in [0.5, 0.6) is 0 Å². The van der Waals surface area contributed by atoms with Gasteiger partial charge in [0.15, 0.2) is 0 Å². The van der Waals surface area contributed by atoms with E-state index in [0.717, 1.165) is 0 Å². The fraction of sp³-hybridized carbons (Fsp3) is 0.300. The van der Waals surface area contributed by atoms with Crippen LogP contribution in [0.3, 0.4) is 0 Å². The molecule has 0 spiro atoms. The third-order valence-electron chi connectivity index (χ3n) is 2.40. The average molecular weight is 222 g/mol. The molecule has 0 aromatic heterocycles. The number of rotatable bonds is 1. The Morgan fingerprint density at radius 1 is 1.31 bits per heavy atom. The Morgan fingerprint density at radius 2 is 1.94 bits per heavy atom. The summed E-state index contributed by atoms with van der Waals surface area (Å²) < 4.78 is 0. The van der Waals surface area contributed by atoms with Gasteiger partial charge in [-0.05, 0) is 26.0 Å². The number of amides is 1. The Morgan fingerprint density at radius 3 is 2.56 bits per heavy atom. The molecule has 0 aliphatic carbocycles. The molecule has 0 atom stereocenters. The zero-order chi connectivity index (χ0) is 11.9. The van der Waals surface area contributed by atoms with E-state index in [4.69, 9.17) is 0 Å². The summed E-state index contributed by atoms with van der Waals surface area (Å²) in [6.07, 6.45) is 0. The van der Waals surface area contributed by atoms with Crippen molar-refractivity contribution in [2.75, 3.05) is 5.43 Å². The van der Waals surface area contributed by atoms with E-state index in [-0.39, 0.29) is 5.69 Å². The van der Waals surface area contributed by atoms with Crippen LogP contribution in [0.15, 0.2) is 24.3 Å². The van der Waals surface area contributed by atoms with Crippen molar-refractivity contribution in [2.45, 2.75) is 19.9 Å². The van der Waals surface area contributed by atoms with Crippen molar-refractivity contribution in [2.24, 2.45) is 0 Å². The van der Waals surface area contributed by atoms with Crippen LogP contribution in [-0.2, 0) is 0 Å². The van der Waals surface area contributed by atoms with Crippen LogP contribution in [0, 0.1) is 10.4 Å². The molecule has 0 radical (unpaired) electrons. The summed E-state index contributed by atoms with van der Waals surface area (Å²) in [5, 5.41) is 21.9. The number of hydrogen-bond acceptors (Lipinski definition) is 4. The lowest BCUT2D eigenvalue weighted by molar-refractivity contribution is -0.922. The van der Waals surface area contributed by atoms with Crippen molar-refractivity contribution in [3.05, 3.63) is 40.2 Å². The maximum Gasteiger partial charge on any atom is 0.304 e. The first kappa shape index (κ1) is 10.9. The van der Waals surface area contributed by atoms with E-state index in [2.05, 4.69) is 5.43 Å². The third-order valence-corrected chi connectivity index (χ3v) is 2.40. The molecule has 1 N–H and O–H groups in total. The summed E-state index contributed by atoms with van der Waals surface area (Å²) in [6, 6.07) is 5.99. The van der Waals surface area contributed by atoms with Gasteiger partial charge in [-0.15, -0.1) is 0 Å². The second kappa shape index (κ2) is 3.44. The molecular formula is C10H12N3O3-. The summed E-state index contributed by atoms with van der Waals surface area (Å²) in [5.74, 6) is -0.547. The number of anilines is 1. The largest absolute Gasteiger partial charge is 0.579 e. The Balaban J connectivity index is 2.51. The molecule has 6 heteroatoms. The van der Waals surface area contributed by atoms with E-state index in [1.165, 1.54) is 6.07 Å². The van der Waals surface area contributed by atoms with Gasteiger partial charge in [-0.2, -0.15) is 10.0 Å². The van der Waals surface area contributed by atoms with Gasteiger partial charge >= 0.3 is 5.91 Å². The number of benzene rings is 1. The number of quaternary nitrogens is 1. The van der Waals surface area contributed by atoms with Crippen LogP contribution in [0.1, 0.15) is 24.2 Å². The van der Waals surface area contributed by atoms with Gasteiger partial charge in [0.05, 0.1) is 11.6 Å². The summed E-state index contributed by atoms with van der Waals surface area (Å²) in [4.78, 5) is 11.9. The monoisotopic (exact) mass is 222 g/mol. The highest BCUT2D eigenvalue weighted by molar-refractivity contribution is 5.99. The second-order valence-electron chi connectivity index (χ2n) is 3.92. The Kier molecular flexibility index (Phi) is 2.34. The number of fused-ring (bicyclic) bond motifs is 1. The lowest BCUT2D eigenvalue weighted by atomic mass is 10.1. The van der Waals surface area contributed by atoms with E-state index < -0.39 is 17.0 Å². The number of nitrogens with one attached hydrogen (secondary N) is 1. The number of nitrogens with zero attached hydrogens (tertiary/aromatic N) is 2. The molecule has 2 rings (SSSR count). The van der Waals surface area contributed by atoms with E-state index in [9.17, 15) is 15.2 Å². The highest BCUT2D eigenvalue weighted by Crippen LogP contribution is 2.29. The van der Waals surface area contributed by atoms with Crippen molar-refractivity contribution in [3.8, 4) is 0 Å². The highest BCUT2D eigenvalue weighted by Gasteiger charge is 2.36. The van der Waals surface area contributed by atoms with Gasteiger partial charge in [0.1, 0.15) is 5.69 Å². The molecule has 1 aliphatic heterocycles. The van der Waals surface area contributed by atoms with Crippen LogP contribution in [-0.4, -0.2) is 22.0 Å². The average Bonchev–Trinajstić information content (AvgIpc) is 2.15. The summed E-state index contributed by atoms with van der Waals surface area (Å²) in [7, 11) is 0. The molecular weight excluding hydrogens is 210 g/mol. The number of carbonyl (C=O) groups is 1. The summed E-state index contributed by atoms with van der Waals surface area (Å²) >= 11 is 0. The molecule has 1 amide bonds. The van der Waals surface area contributed by atoms with E-state index in [1.54, 1.807) is 32.0 Å². The fourth-order valence-electron chi connectivity index (χ4n) is 1.75. The van der Waals surface area contributed by atoms with E-state index in [1.807, 2.05) is 0 Å². The maximum atomic E-state index is 11.9. The maximum absolute atomic E-state index is 11.9. The molecule has 6 nitrogen and oxygen atoms in total. The van der Waals surface area contributed by atoms with Crippen molar-refractivity contribution in [1.82, 2.24) is 5.01 Å². The Bertz CT molecular complexity index is 431. The molecule has 86 valence electrons.